The molecule has 7 heteroatoms. The summed E-state index contributed by atoms with van der Waals surface area (Å²) in [6, 6.07) is 5.88. The molecule has 1 saturated heterocycles. The molecular weight excluding hydrogens is 445 g/mol. The van der Waals surface area contributed by atoms with Gasteiger partial charge in [-0.2, -0.15) is 0 Å². The Morgan fingerprint density at radius 1 is 1.27 bits per heavy atom. The quantitative estimate of drug-likeness (QED) is 0.360. The van der Waals surface area contributed by atoms with Crippen molar-refractivity contribution >= 4 is 29.9 Å². The Bertz CT molecular complexity index is 585. The zero-order valence-corrected chi connectivity index (χ0v) is 17.7. The Kier molecular flexibility index (Phi) is 8.77. The normalized spacial score (nSPS) is 20.7. The number of methoxy groups -OCH3 is 1. The highest BCUT2D eigenvalue weighted by Gasteiger charge is 2.18. The van der Waals surface area contributed by atoms with Gasteiger partial charge in [0.1, 0.15) is 11.5 Å². The van der Waals surface area contributed by atoms with Crippen LogP contribution < -0.4 is 20.5 Å². The summed E-state index contributed by atoms with van der Waals surface area (Å²) in [6.07, 6.45) is 7.45. The molecule has 1 unspecified atom stereocenters. The van der Waals surface area contributed by atoms with Gasteiger partial charge in [-0.1, -0.05) is 0 Å². The van der Waals surface area contributed by atoms with Gasteiger partial charge in [0, 0.05) is 24.8 Å². The van der Waals surface area contributed by atoms with Crippen LogP contribution in [0.4, 0.5) is 0 Å². The number of halogens is 1. The molecule has 1 aromatic carbocycles. The minimum absolute atomic E-state index is 0. The first-order chi connectivity index (χ1) is 12.2. The van der Waals surface area contributed by atoms with E-state index in [1.165, 1.54) is 12.8 Å². The van der Waals surface area contributed by atoms with E-state index in [1.807, 2.05) is 18.2 Å². The summed E-state index contributed by atoms with van der Waals surface area (Å²) in [4.78, 5) is 4.45. The van der Waals surface area contributed by atoms with Crippen LogP contribution in [0.15, 0.2) is 23.2 Å². The summed E-state index contributed by atoms with van der Waals surface area (Å²) in [5, 5.41) is 3.15. The van der Waals surface area contributed by atoms with Crippen molar-refractivity contribution in [1.29, 1.82) is 0 Å². The smallest absolute Gasteiger partial charge is 0.189 e. The minimum atomic E-state index is 0. The zero-order chi connectivity index (χ0) is 17.5. The lowest BCUT2D eigenvalue weighted by Crippen LogP contribution is -2.37. The summed E-state index contributed by atoms with van der Waals surface area (Å²) in [6.45, 7) is 2.04. The van der Waals surface area contributed by atoms with Crippen molar-refractivity contribution in [1.82, 2.24) is 5.32 Å². The predicted octanol–water partition coefficient (Wildman–Crippen LogP) is 3.22. The lowest BCUT2D eigenvalue weighted by atomic mass is 10.2. The summed E-state index contributed by atoms with van der Waals surface area (Å²) >= 11 is 0. The molecule has 0 aromatic heterocycles. The molecule has 2 aliphatic rings. The van der Waals surface area contributed by atoms with Crippen LogP contribution in [0.2, 0.25) is 0 Å². The van der Waals surface area contributed by atoms with Gasteiger partial charge in [0.15, 0.2) is 5.96 Å². The first kappa shape index (κ1) is 21.1. The van der Waals surface area contributed by atoms with Gasteiger partial charge in [0.05, 0.1) is 25.9 Å². The van der Waals surface area contributed by atoms with E-state index in [2.05, 4.69) is 10.3 Å². The highest BCUT2D eigenvalue weighted by molar-refractivity contribution is 14.0. The van der Waals surface area contributed by atoms with Gasteiger partial charge < -0.3 is 25.3 Å². The summed E-state index contributed by atoms with van der Waals surface area (Å²) in [5.41, 5.74) is 7.01. The molecule has 26 heavy (non-hydrogen) atoms. The van der Waals surface area contributed by atoms with Crippen molar-refractivity contribution in [2.75, 3.05) is 20.3 Å². The van der Waals surface area contributed by atoms with E-state index in [4.69, 9.17) is 19.9 Å². The number of nitrogens with one attached hydrogen (secondary N) is 1. The fourth-order valence-corrected chi connectivity index (χ4v) is 3.34. The van der Waals surface area contributed by atoms with Crippen molar-refractivity contribution in [3.05, 3.63) is 23.8 Å². The van der Waals surface area contributed by atoms with E-state index in [0.717, 1.165) is 49.4 Å². The van der Waals surface area contributed by atoms with Crippen LogP contribution in [-0.4, -0.2) is 38.4 Å². The van der Waals surface area contributed by atoms with Crippen molar-refractivity contribution in [2.45, 2.75) is 57.3 Å². The monoisotopic (exact) mass is 475 g/mol. The molecule has 0 bridgehead atoms. The molecule has 2 fully saturated rings. The van der Waals surface area contributed by atoms with Crippen LogP contribution >= 0.6 is 24.0 Å². The summed E-state index contributed by atoms with van der Waals surface area (Å²) in [5.74, 6) is 2.09. The van der Waals surface area contributed by atoms with Crippen molar-refractivity contribution in [3.63, 3.8) is 0 Å². The molecule has 1 heterocycles. The predicted molar refractivity (Wildman–Crippen MR) is 114 cm³/mol. The molecule has 3 N–H and O–H groups in total. The third kappa shape index (κ3) is 6.19. The van der Waals surface area contributed by atoms with Gasteiger partial charge >= 0.3 is 0 Å². The van der Waals surface area contributed by atoms with Crippen LogP contribution in [-0.2, 0) is 11.3 Å². The maximum Gasteiger partial charge on any atom is 0.189 e. The van der Waals surface area contributed by atoms with Crippen LogP contribution in [0.25, 0.3) is 0 Å². The number of nitrogens with two attached hydrogens (primary N) is 1. The average molecular weight is 475 g/mol. The van der Waals surface area contributed by atoms with E-state index in [-0.39, 0.29) is 30.1 Å². The topological polar surface area (TPSA) is 78.1 Å². The molecule has 1 saturated carbocycles. The fourth-order valence-electron chi connectivity index (χ4n) is 3.34. The first-order valence-corrected chi connectivity index (χ1v) is 9.23. The largest absolute Gasteiger partial charge is 0.497 e. The molecule has 1 aliphatic heterocycles. The lowest BCUT2D eigenvalue weighted by Gasteiger charge is -2.17. The lowest BCUT2D eigenvalue weighted by molar-refractivity contribution is 0.114. The number of nitrogens with zero attached hydrogens (tertiary/aromatic N) is 1. The number of ether oxygens (including phenoxy) is 3. The molecular formula is C19H30IN3O3. The number of guanidine groups is 1. The minimum Gasteiger partial charge on any atom is -0.497 e. The Labute approximate surface area is 172 Å². The molecule has 146 valence electrons. The van der Waals surface area contributed by atoms with Crippen molar-refractivity contribution in [3.8, 4) is 11.5 Å². The highest BCUT2D eigenvalue weighted by atomic mass is 127. The van der Waals surface area contributed by atoms with Gasteiger partial charge in [-0.25, -0.2) is 4.99 Å². The molecule has 1 atom stereocenters. The second kappa shape index (κ2) is 10.8. The van der Waals surface area contributed by atoms with E-state index in [1.54, 1.807) is 7.11 Å². The molecule has 6 nitrogen and oxygen atoms in total. The standard InChI is InChI=1S/C19H29N3O3.HI/c1-23-16-9-8-14(18(11-16)25-15-5-2-3-6-15)12-21-19(20)22-13-17-7-4-10-24-17;/h8-9,11,15,17H,2-7,10,12-13H2,1H3,(H3,20,21,22);1H. The van der Waals surface area contributed by atoms with Crippen molar-refractivity contribution < 1.29 is 14.2 Å². The number of hydrogen-bond donors (Lipinski definition) is 2. The third-order valence-corrected chi connectivity index (χ3v) is 4.82. The average Bonchev–Trinajstić information content (AvgIpc) is 3.32. The van der Waals surface area contributed by atoms with Gasteiger partial charge in [-0.15, -0.1) is 24.0 Å². The maximum absolute atomic E-state index is 6.19. The second-order valence-electron chi connectivity index (χ2n) is 6.72. The summed E-state index contributed by atoms with van der Waals surface area (Å²) in [7, 11) is 1.67. The van der Waals surface area contributed by atoms with Gasteiger partial charge in [-0.05, 0) is 50.7 Å². The molecule has 3 rings (SSSR count). The van der Waals surface area contributed by atoms with Gasteiger partial charge in [-0.3, -0.25) is 0 Å². The number of aliphatic imine (C=N–C) groups is 1. The molecule has 0 spiro atoms. The fraction of sp³-hybridized carbons (Fsp3) is 0.632. The Morgan fingerprint density at radius 3 is 2.77 bits per heavy atom. The third-order valence-electron chi connectivity index (χ3n) is 4.82. The second-order valence-corrected chi connectivity index (χ2v) is 6.72. The first-order valence-electron chi connectivity index (χ1n) is 9.23. The SMILES string of the molecule is COc1ccc(CN=C(N)NCC2CCCO2)c(OC2CCCC2)c1.I. The maximum atomic E-state index is 6.19. The van der Waals surface area contributed by atoms with Crippen LogP contribution in [0.3, 0.4) is 0 Å². The van der Waals surface area contributed by atoms with Gasteiger partial charge in [0.2, 0.25) is 0 Å². The van der Waals surface area contributed by atoms with Crippen LogP contribution in [0.5, 0.6) is 11.5 Å². The molecule has 0 radical (unpaired) electrons. The van der Waals surface area contributed by atoms with Crippen LogP contribution in [0, 0.1) is 0 Å². The molecule has 1 aliphatic carbocycles. The summed E-state index contributed by atoms with van der Waals surface area (Å²) < 4.78 is 17.1. The van der Waals surface area contributed by atoms with E-state index in [9.17, 15) is 0 Å². The Hall–Kier alpha value is -1.22. The Balaban J connectivity index is 0.00000243. The van der Waals surface area contributed by atoms with E-state index in [0.29, 0.717) is 25.2 Å². The van der Waals surface area contributed by atoms with Crippen molar-refractivity contribution in [2.24, 2.45) is 10.7 Å². The van der Waals surface area contributed by atoms with E-state index < -0.39 is 0 Å². The highest BCUT2D eigenvalue weighted by Crippen LogP contribution is 2.30. The van der Waals surface area contributed by atoms with Crippen LogP contribution in [0.1, 0.15) is 44.1 Å². The van der Waals surface area contributed by atoms with E-state index >= 15 is 0 Å². The molecule has 0 amide bonds. The number of rotatable bonds is 7. The van der Waals surface area contributed by atoms with Gasteiger partial charge in [0.25, 0.3) is 0 Å². The number of benzene rings is 1. The molecule has 1 aromatic rings. The zero-order valence-electron chi connectivity index (χ0n) is 15.4. The number of hydrogen-bond acceptors (Lipinski definition) is 4. The Morgan fingerprint density at radius 2 is 2.08 bits per heavy atom.